The van der Waals surface area contributed by atoms with Crippen LogP contribution in [0.2, 0.25) is 0 Å². The van der Waals surface area contributed by atoms with Crippen LogP contribution in [0.25, 0.3) is 0 Å². The molecule has 1 aliphatic heterocycles. The predicted octanol–water partition coefficient (Wildman–Crippen LogP) is 2.12. The molecule has 88 valence electrons. The third-order valence-electron chi connectivity index (χ3n) is 3.84. The Morgan fingerprint density at radius 2 is 1.71 bits per heavy atom. The van der Waals surface area contributed by atoms with E-state index in [0.29, 0.717) is 11.8 Å². The molecule has 2 aliphatic rings. The Labute approximate surface area is 101 Å². The third-order valence-corrected chi connectivity index (χ3v) is 3.84. The molecular formula is C14H16N2O. The maximum Gasteiger partial charge on any atom is 0.253 e. The van der Waals surface area contributed by atoms with E-state index in [0.717, 1.165) is 31.5 Å². The zero-order valence-corrected chi connectivity index (χ0v) is 9.75. The van der Waals surface area contributed by atoms with E-state index in [1.807, 2.05) is 4.90 Å². The van der Waals surface area contributed by atoms with E-state index < -0.39 is 0 Å². The highest BCUT2D eigenvalue weighted by atomic mass is 16.2. The molecule has 1 amide bonds. The van der Waals surface area contributed by atoms with Crippen molar-refractivity contribution in [3.8, 4) is 0 Å². The maximum atomic E-state index is 12.3. The van der Waals surface area contributed by atoms with E-state index in [2.05, 4.69) is 17.1 Å². The number of hydrogen-bond acceptors (Lipinski definition) is 2. The number of nitrogens with zero attached hydrogens (tertiary/aromatic N) is 2. The van der Waals surface area contributed by atoms with E-state index in [1.54, 1.807) is 24.5 Å². The fourth-order valence-electron chi connectivity index (χ4n) is 2.86. The Bertz CT molecular complexity index is 425. The summed E-state index contributed by atoms with van der Waals surface area (Å²) in [5, 5.41) is 0. The number of carbonyl (C=O) groups is 1. The summed E-state index contributed by atoms with van der Waals surface area (Å²) < 4.78 is 0. The molecule has 1 aromatic rings. The summed E-state index contributed by atoms with van der Waals surface area (Å²) in [6, 6.07) is 3.59. The zero-order chi connectivity index (χ0) is 11.7. The Kier molecular flexibility index (Phi) is 2.67. The minimum Gasteiger partial charge on any atom is -0.338 e. The third kappa shape index (κ3) is 1.97. The van der Waals surface area contributed by atoms with Gasteiger partial charge in [0.1, 0.15) is 0 Å². The minimum atomic E-state index is 0.154. The number of rotatable bonds is 1. The number of allylic oxidation sites excluding steroid dienone is 2. The maximum absolute atomic E-state index is 12.3. The van der Waals surface area contributed by atoms with Gasteiger partial charge in [0.2, 0.25) is 0 Å². The van der Waals surface area contributed by atoms with Crippen molar-refractivity contribution < 1.29 is 4.79 Å². The van der Waals surface area contributed by atoms with Crippen LogP contribution in [-0.2, 0) is 0 Å². The molecule has 2 unspecified atom stereocenters. The van der Waals surface area contributed by atoms with E-state index in [-0.39, 0.29) is 5.91 Å². The van der Waals surface area contributed by atoms with Gasteiger partial charge in [-0.05, 0) is 36.8 Å². The molecule has 1 aliphatic carbocycles. The SMILES string of the molecule is O=C(c1ccncc1)N1CC2CC=CCC2C1. The lowest BCUT2D eigenvalue weighted by molar-refractivity contribution is 0.0784. The fourth-order valence-corrected chi connectivity index (χ4v) is 2.86. The molecule has 0 N–H and O–H groups in total. The number of amides is 1. The number of hydrogen-bond donors (Lipinski definition) is 0. The van der Waals surface area contributed by atoms with Gasteiger partial charge in [0.25, 0.3) is 5.91 Å². The average Bonchev–Trinajstić information content (AvgIpc) is 2.82. The largest absolute Gasteiger partial charge is 0.338 e. The summed E-state index contributed by atoms with van der Waals surface area (Å²) in [5.41, 5.74) is 0.756. The second kappa shape index (κ2) is 4.32. The molecule has 0 aromatic carbocycles. The highest BCUT2D eigenvalue weighted by Gasteiger charge is 2.35. The monoisotopic (exact) mass is 228 g/mol. The van der Waals surface area contributed by atoms with E-state index in [4.69, 9.17) is 0 Å². The first-order valence-electron chi connectivity index (χ1n) is 6.19. The van der Waals surface area contributed by atoms with Gasteiger partial charge in [-0.15, -0.1) is 0 Å². The highest BCUT2D eigenvalue weighted by molar-refractivity contribution is 5.94. The number of carbonyl (C=O) groups excluding carboxylic acids is 1. The van der Waals surface area contributed by atoms with Crippen LogP contribution in [0, 0.1) is 11.8 Å². The summed E-state index contributed by atoms with van der Waals surface area (Å²) >= 11 is 0. The van der Waals surface area contributed by atoms with Crippen LogP contribution in [0.5, 0.6) is 0 Å². The molecule has 17 heavy (non-hydrogen) atoms. The molecule has 0 radical (unpaired) electrons. The van der Waals surface area contributed by atoms with Gasteiger partial charge >= 0.3 is 0 Å². The summed E-state index contributed by atoms with van der Waals surface area (Å²) in [7, 11) is 0. The van der Waals surface area contributed by atoms with Crippen molar-refractivity contribution in [2.24, 2.45) is 11.8 Å². The van der Waals surface area contributed by atoms with Crippen LogP contribution in [0.1, 0.15) is 23.2 Å². The molecular weight excluding hydrogens is 212 g/mol. The van der Waals surface area contributed by atoms with Crippen molar-refractivity contribution >= 4 is 5.91 Å². The van der Waals surface area contributed by atoms with Crippen molar-refractivity contribution in [3.63, 3.8) is 0 Å². The Morgan fingerprint density at radius 1 is 1.12 bits per heavy atom. The van der Waals surface area contributed by atoms with Gasteiger partial charge in [0.05, 0.1) is 0 Å². The summed E-state index contributed by atoms with van der Waals surface area (Å²) in [6.07, 6.45) is 10.1. The van der Waals surface area contributed by atoms with E-state index >= 15 is 0 Å². The van der Waals surface area contributed by atoms with E-state index in [9.17, 15) is 4.79 Å². The van der Waals surface area contributed by atoms with Gasteiger partial charge in [-0.2, -0.15) is 0 Å². The number of likely N-dealkylation sites (tertiary alicyclic amines) is 1. The van der Waals surface area contributed by atoms with Crippen molar-refractivity contribution in [2.45, 2.75) is 12.8 Å². The molecule has 0 saturated carbocycles. The van der Waals surface area contributed by atoms with Crippen molar-refractivity contribution in [1.29, 1.82) is 0 Å². The molecule has 0 spiro atoms. The molecule has 0 bridgehead atoms. The normalized spacial score (nSPS) is 26.9. The number of pyridine rings is 1. The quantitative estimate of drug-likeness (QED) is 0.690. The van der Waals surface area contributed by atoms with Gasteiger partial charge in [-0.25, -0.2) is 0 Å². The van der Waals surface area contributed by atoms with Crippen LogP contribution >= 0.6 is 0 Å². The summed E-state index contributed by atoms with van der Waals surface area (Å²) in [4.78, 5) is 18.2. The average molecular weight is 228 g/mol. The second-order valence-electron chi connectivity index (χ2n) is 4.91. The van der Waals surface area contributed by atoms with Crippen LogP contribution in [0.4, 0.5) is 0 Å². The van der Waals surface area contributed by atoms with Gasteiger partial charge in [-0.1, -0.05) is 12.2 Å². The lowest BCUT2D eigenvalue weighted by Crippen LogP contribution is -2.28. The fraction of sp³-hybridized carbons (Fsp3) is 0.429. The predicted molar refractivity (Wildman–Crippen MR) is 65.5 cm³/mol. The first-order chi connectivity index (χ1) is 8.34. The van der Waals surface area contributed by atoms with Crippen LogP contribution in [0.15, 0.2) is 36.7 Å². The topological polar surface area (TPSA) is 33.2 Å². The Hall–Kier alpha value is -1.64. The Balaban J connectivity index is 1.73. The van der Waals surface area contributed by atoms with Crippen LogP contribution in [0.3, 0.4) is 0 Å². The smallest absolute Gasteiger partial charge is 0.253 e. The zero-order valence-electron chi connectivity index (χ0n) is 9.75. The van der Waals surface area contributed by atoms with Crippen LogP contribution in [-0.4, -0.2) is 28.9 Å². The van der Waals surface area contributed by atoms with Gasteiger partial charge in [0, 0.05) is 31.0 Å². The Morgan fingerprint density at radius 3 is 2.29 bits per heavy atom. The number of fused-ring (bicyclic) bond motifs is 1. The standard InChI is InChI=1S/C14H16N2O/c17-14(11-5-7-15-8-6-11)16-9-12-3-1-2-4-13(12)10-16/h1-2,5-8,12-13H,3-4,9-10H2. The molecule has 3 nitrogen and oxygen atoms in total. The lowest BCUT2D eigenvalue weighted by atomic mass is 9.86. The molecule has 2 heterocycles. The van der Waals surface area contributed by atoms with Gasteiger partial charge in [0.15, 0.2) is 0 Å². The summed E-state index contributed by atoms with van der Waals surface area (Å²) in [6.45, 7) is 1.83. The van der Waals surface area contributed by atoms with Crippen molar-refractivity contribution in [1.82, 2.24) is 9.88 Å². The second-order valence-corrected chi connectivity index (χ2v) is 4.91. The van der Waals surface area contributed by atoms with E-state index in [1.165, 1.54) is 0 Å². The number of aromatic nitrogens is 1. The van der Waals surface area contributed by atoms with Crippen molar-refractivity contribution in [2.75, 3.05) is 13.1 Å². The van der Waals surface area contributed by atoms with Crippen molar-refractivity contribution in [3.05, 3.63) is 42.2 Å². The molecule has 3 rings (SSSR count). The highest BCUT2D eigenvalue weighted by Crippen LogP contribution is 2.33. The lowest BCUT2D eigenvalue weighted by Gasteiger charge is -2.17. The molecule has 1 saturated heterocycles. The van der Waals surface area contributed by atoms with Gasteiger partial charge in [-0.3, -0.25) is 9.78 Å². The molecule has 3 heteroatoms. The molecule has 2 atom stereocenters. The first kappa shape index (κ1) is 10.5. The minimum absolute atomic E-state index is 0.154. The molecule has 1 fully saturated rings. The van der Waals surface area contributed by atoms with Crippen LogP contribution < -0.4 is 0 Å². The summed E-state index contributed by atoms with van der Waals surface area (Å²) in [5.74, 6) is 1.50. The molecule has 1 aromatic heterocycles. The first-order valence-corrected chi connectivity index (χ1v) is 6.19. The van der Waals surface area contributed by atoms with Gasteiger partial charge < -0.3 is 4.90 Å².